The fraction of sp³-hybridized carbons (Fsp3) is 0.913. The van der Waals surface area contributed by atoms with Gasteiger partial charge in [0.05, 0.1) is 6.04 Å². The van der Waals surface area contributed by atoms with Gasteiger partial charge < -0.3 is 15.5 Å². The van der Waals surface area contributed by atoms with E-state index in [0.29, 0.717) is 24.8 Å². The summed E-state index contributed by atoms with van der Waals surface area (Å²) < 4.78 is 14.4. The monoisotopic (exact) mass is 422 g/mol. The molecule has 4 rings (SSSR count). The van der Waals surface area contributed by atoms with E-state index in [1.54, 1.807) is 6.92 Å². The van der Waals surface area contributed by atoms with Crippen molar-refractivity contribution in [3.05, 3.63) is 0 Å². The molecule has 2 saturated heterocycles. The highest BCUT2D eigenvalue weighted by molar-refractivity contribution is 5.82. The van der Waals surface area contributed by atoms with Gasteiger partial charge >= 0.3 is 0 Å². The van der Waals surface area contributed by atoms with Crippen LogP contribution in [0.4, 0.5) is 4.39 Å². The molecule has 0 bridgehead atoms. The van der Waals surface area contributed by atoms with E-state index in [0.717, 1.165) is 51.7 Å². The van der Waals surface area contributed by atoms with Gasteiger partial charge in [-0.05, 0) is 57.8 Å². The first-order valence-electron chi connectivity index (χ1n) is 12.0. The van der Waals surface area contributed by atoms with E-state index >= 15 is 0 Å². The molecule has 2 aliphatic carbocycles. The second-order valence-corrected chi connectivity index (χ2v) is 10.3. The van der Waals surface area contributed by atoms with Crippen molar-refractivity contribution in [3.8, 4) is 0 Å². The lowest BCUT2D eigenvalue weighted by atomic mass is 9.77. The lowest BCUT2D eigenvalue weighted by Gasteiger charge is -2.45. The van der Waals surface area contributed by atoms with E-state index in [9.17, 15) is 14.0 Å². The van der Waals surface area contributed by atoms with Crippen molar-refractivity contribution in [2.45, 2.75) is 102 Å². The van der Waals surface area contributed by atoms with Crippen LogP contribution in [0.3, 0.4) is 0 Å². The topological polar surface area (TPSA) is 64.7 Å². The zero-order chi connectivity index (χ0) is 21.4. The summed E-state index contributed by atoms with van der Waals surface area (Å²) in [5.74, 6) is 0.645. The number of amides is 2. The predicted octanol–water partition coefficient (Wildman–Crippen LogP) is 2.08. The highest BCUT2D eigenvalue weighted by Gasteiger charge is 2.46. The summed E-state index contributed by atoms with van der Waals surface area (Å²) in [4.78, 5) is 29.2. The maximum Gasteiger partial charge on any atom is 0.237 e. The van der Waals surface area contributed by atoms with Crippen LogP contribution in [-0.4, -0.2) is 77.6 Å². The molecular weight excluding hydrogens is 383 g/mol. The van der Waals surface area contributed by atoms with E-state index in [-0.39, 0.29) is 41.9 Å². The first-order chi connectivity index (χ1) is 14.3. The minimum Gasteiger partial charge on any atom is -0.352 e. The van der Waals surface area contributed by atoms with E-state index in [2.05, 4.69) is 29.4 Å². The van der Waals surface area contributed by atoms with Crippen molar-refractivity contribution < 1.29 is 14.0 Å². The van der Waals surface area contributed by atoms with Crippen molar-refractivity contribution in [1.29, 1.82) is 0 Å². The Morgan fingerprint density at radius 2 is 1.87 bits per heavy atom. The minimum absolute atomic E-state index is 0.0114. The molecule has 0 aromatic rings. The summed E-state index contributed by atoms with van der Waals surface area (Å²) in [5.41, 5.74) is 0. The number of rotatable bonds is 3. The Labute approximate surface area is 180 Å². The Morgan fingerprint density at radius 1 is 1.07 bits per heavy atom. The molecule has 2 aliphatic heterocycles. The number of alkyl halides is 1. The number of nitrogens with zero attached hydrogens (tertiary/aromatic N) is 2. The van der Waals surface area contributed by atoms with Crippen LogP contribution < -0.4 is 10.6 Å². The molecule has 6 nitrogen and oxygen atoms in total. The van der Waals surface area contributed by atoms with Gasteiger partial charge in [-0.1, -0.05) is 6.92 Å². The molecule has 8 atom stereocenters. The number of halogens is 1. The molecular formula is C23H39FN4O2. The van der Waals surface area contributed by atoms with Crippen LogP contribution in [0.25, 0.3) is 0 Å². The van der Waals surface area contributed by atoms with Gasteiger partial charge in [-0.15, -0.1) is 0 Å². The summed E-state index contributed by atoms with van der Waals surface area (Å²) >= 11 is 0. The van der Waals surface area contributed by atoms with Gasteiger partial charge in [0.1, 0.15) is 6.17 Å². The van der Waals surface area contributed by atoms with Gasteiger partial charge in [-0.2, -0.15) is 0 Å². The number of hydrogen-bond donors (Lipinski definition) is 2. The third kappa shape index (κ3) is 4.52. The van der Waals surface area contributed by atoms with E-state index in [4.69, 9.17) is 0 Å². The summed E-state index contributed by atoms with van der Waals surface area (Å²) in [7, 11) is 0. The summed E-state index contributed by atoms with van der Waals surface area (Å²) in [6, 6.07) is 0.796. The van der Waals surface area contributed by atoms with Crippen LogP contribution in [0.5, 0.6) is 0 Å². The maximum absolute atomic E-state index is 14.4. The second-order valence-electron chi connectivity index (χ2n) is 10.3. The van der Waals surface area contributed by atoms with Gasteiger partial charge in [0.2, 0.25) is 11.8 Å². The Bertz CT molecular complexity index is 629. The lowest BCUT2D eigenvalue weighted by molar-refractivity contribution is -0.134. The SMILES string of the molecule is CC(=O)N1CCN([C@H]2CCC[C@@H](NC(=O)C3CC4C(F)CCC(C)C4N3)C2)C[C@@H]1C. The Balaban J connectivity index is 1.29. The Morgan fingerprint density at radius 3 is 2.57 bits per heavy atom. The molecule has 0 aromatic heterocycles. The van der Waals surface area contributed by atoms with Gasteiger partial charge in [0, 0.05) is 56.6 Å². The molecule has 7 heteroatoms. The van der Waals surface area contributed by atoms with Crippen LogP contribution in [0.1, 0.15) is 65.7 Å². The summed E-state index contributed by atoms with van der Waals surface area (Å²) in [5, 5.41) is 6.75. The number of fused-ring (bicyclic) bond motifs is 1. The van der Waals surface area contributed by atoms with E-state index < -0.39 is 6.17 Å². The van der Waals surface area contributed by atoms with Gasteiger partial charge in [-0.3, -0.25) is 14.5 Å². The van der Waals surface area contributed by atoms with Crippen LogP contribution in [0.2, 0.25) is 0 Å². The summed E-state index contributed by atoms with van der Waals surface area (Å²) in [6.45, 7) is 8.57. The molecule has 4 fully saturated rings. The largest absolute Gasteiger partial charge is 0.352 e. The third-order valence-corrected chi connectivity index (χ3v) is 8.23. The fourth-order valence-corrected chi connectivity index (χ4v) is 6.51. The van der Waals surface area contributed by atoms with Crippen LogP contribution in [0, 0.1) is 11.8 Å². The molecule has 2 N–H and O–H groups in total. The third-order valence-electron chi connectivity index (χ3n) is 8.23. The zero-order valence-corrected chi connectivity index (χ0v) is 18.8. The zero-order valence-electron chi connectivity index (χ0n) is 18.8. The van der Waals surface area contributed by atoms with Crippen LogP contribution >= 0.6 is 0 Å². The number of nitrogens with one attached hydrogen (secondary N) is 2. The number of carbonyl (C=O) groups excluding carboxylic acids is 2. The molecule has 2 saturated carbocycles. The normalized spacial score (nSPS) is 42.6. The van der Waals surface area contributed by atoms with Crippen molar-refractivity contribution in [2.75, 3.05) is 19.6 Å². The predicted molar refractivity (Wildman–Crippen MR) is 115 cm³/mol. The first-order valence-corrected chi connectivity index (χ1v) is 12.0. The van der Waals surface area contributed by atoms with Crippen molar-refractivity contribution in [2.24, 2.45) is 11.8 Å². The van der Waals surface area contributed by atoms with E-state index in [1.165, 1.54) is 0 Å². The maximum atomic E-state index is 14.4. The Kier molecular flexibility index (Phi) is 6.68. The molecule has 30 heavy (non-hydrogen) atoms. The highest BCUT2D eigenvalue weighted by atomic mass is 19.1. The van der Waals surface area contributed by atoms with Crippen molar-refractivity contribution in [3.63, 3.8) is 0 Å². The quantitative estimate of drug-likeness (QED) is 0.731. The molecule has 2 amide bonds. The molecule has 5 unspecified atom stereocenters. The van der Waals surface area contributed by atoms with Crippen LogP contribution in [-0.2, 0) is 9.59 Å². The van der Waals surface area contributed by atoms with Gasteiger partial charge in [0.15, 0.2) is 0 Å². The average molecular weight is 423 g/mol. The molecule has 2 heterocycles. The second kappa shape index (κ2) is 9.11. The summed E-state index contributed by atoms with van der Waals surface area (Å²) in [6.07, 6.45) is 5.67. The molecule has 0 aromatic carbocycles. The van der Waals surface area contributed by atoms with Crippen molar-refractivity contribution >= 4 is 11.8 Å². The van der Waals surface area contributed by atoms with Gasteiger partial charge in [-0.25, -0.2) is 4.39 Å². The molecule has 4 aliphatic rings. The Hall–Kier alpha value is -1.21. The number of piperazine rings is 1. The number of carbonyl (C=O) groups is 2. The molecule has 0 spiro atoms. The molecule has 170 valence electrons. The standard InChI is InChI=1S/C23H39FN4O2/c1-14-7-8-20(24)19-12-21(26-22(14)19)23(30)25-17-5-4-6-18(11-17)27-9-10-28(16(3)29)15(2)13-27/h14-15,17-22,26H,4-13H2,1-3H3,(H,25,30)/t14?,15-,17+,18-,19?,20?,21?,22?/m0/s1. The van der Waals surface area contributed by atoms with Gasteiger partial charge in [0.25, 0.3) is 0 Å². The van der Waals surface area contributed by atoms with Crippen LogP contribution in [0.15, 0.2) is 0 Å². The lowest BCUT2D eigenvalue weighted by Crippen LogP contribution is -2.58. The smallest absolute Gasteiger partial charge is 0.237 e. The molecule has 0 radical (unpaired) electrons. The van der Waals surface area contributed by atoms with E-state index in [1.807, 2.05) is 4.90 Å². The minimum atomic E-state index is -0.772. The fourth-order valence-electron chi connectivity index (χ4n) is 6.51. The average Bonchev–Trinajstić information content (AvgIpc) is 3.18. The van der Waals surface area contributed by atoms with Crippen molar-refractivity contribution in [1.82, 2.24) is 20.4 Å². The highest BCUT2D eigenvalue weighted by Crippen LogP contribution is 2.38. The first kappa shape index (κ1) is 22.0. The number of hydrogen-bond acceptors (Lipinski definition) is 4.